The van der Waals surface area contributed by atoms with E-state index in [9.17, 15) is 19.7 Å². The summed E-state index contributed by atoms with van der Waals surface area (Å²) in [5, 5.41) is 15.5. The number of para-hydroxylation sites is 1. The van der Waals surface area contributed by atoms with E-state index in [1.807, 2.05) is 0 Å². The Balaban J connectivity index is 2.16. The number of benzene rings is 2. The maximum atomic E-state index is 12.7. The number of hydrogen-bond donors (Lipinski definition) is 1. The molecule has 120 valence electrons. The third-order valence-electron chi connectivity index (χ3n) is 3.53. The van der Waals surface area contributed by atoms with Gasteiger partial charge in [0.05, 0.1) is 17.0 Å². The van der Waals surface area contributed by atoms with Crippen molar-refractivity contribution in [3.8, 4) is 0 Å². The van der Waals surface area contributed by atoms with Crippen molar-refractivity contribution in [3.05, 3.63) is 69.9 Å². The molecule has 3 rings (SSSR count). The fourth-order valence-corrected chi connectivity index (χ4v) is 2.40. The maximum absolute atomic E-state index is 12.7. The fraction of sp³-hybridized carbons (Fsp3) is 0.0625. The second kappa shape index (κ2) is 6.01. The van der Waals surface area contributed by atoms with E-state index < -0.39 is 16.6 Å². The summed E-state index contributed by atoms with van der Waals surface area (Å²) in [5.74, 6) is -0.956. The van der Waals surface area contributed by atoms with Crippen molar-refractivity contribution < 1.29 is 14.5 Å². The molecule has 0 aliphatic carbocycles. The molecule has 8 heteroatoms. The van der Waals surface area contributed by atoms with E-state index in [0.717, 1.165) is 4.68 Å². The van der Waals surface area contributed by atoms with Crippen LogP contribution in [-0.2, 0) is 0 Å². The van der Waals surface area contributed by atoms with Gasteiger partial charge in [-0.05, 0) is 12.1 Å². The number of rotatable bonds is 4. The Bertz CT molecular complexity index is 977. The van der Waals surface area contributed by atoms with Crippen LogP contribution in [0.3, 0.4) is 0 Å². The highest BCUT2D eigenvalue weighted by Crippen LogP contribution is 2.21. The molecule has 2 N–H and O–H groups in total. The SMILES string of the molecule is NCC(=O)c1nn(C(=O)c2cccc([N+](=O)[O-])c2)c2ccccc12. The molecule has 1 aromatic heterocycles. The number of nitro groups is 1. The first kappa shape index (κ1) is 15.5. The van der Waals surface area contributed by atoms with Gasteiger partial charge in [-0.3, -0.25) is 19.7 Å². The topological polar surface area (TPSA) is 121 Å². The smallest absolute Gasteiger partial charge is 0.278 e. The fourth-order valence-electron chi connectivity index (χ4n) is 2.40. The lowest BCUT2D eigenvalue weighted by Gasteiger charge is -2.02. The molecule has 1 heterocycles. The molecule has 8 nitrogen and oxygen atoms in total. The van der Waals surface area contributed by atoms with Gasteiger partial charge in [0.15, 0.2) is 5.78 Å². The van der Waals surface area contributed by atoms with E-state index in [4.69, 9.17) is 5.73 Å². The quantitative estimate of drug-likeness (QED) is 0.443. The molecule has 3 aromatic rings. The number of aromatic nitrogens is 2. The van der Waals surface area contributed by atoms with E-state index >= 15 is 0 Å². The van der Waals surface area contributed by atoms with Crippen LogP contribution in [-0.4, -0.2) is 32.9 Å². The zero-order valence-corrected chi connectivity index (χ0v) is 12.4. The molecule has 0 saturated heterocycles. The minimum Gasteiger partial charge on any atom is -0.324 e. The Morgan fingerprint density at radius 2 is 1.92 bits per heavy atom. The van der Waals surface area contributed by atoms with Crippen molar-refractivity contribution in [2.24, 2.45) is 5.73 Å². The van der Waals surface area contributed by atoms with Crippen molar-refractivity contribution in [2.45, 2.75) is 0 Å². The Kier molecular flexibility index (Phi) is 3.88. The van der Waals surface area contributed by atoms with Crippen molar-refractivity contribution >= 4 is 28.3 Å². The summed E-state index contributed by atoms with van der Waals surface area (Å²) in [6.07, 6.45) is 0. The number of carbonyl (C=O) groups is 2. The molecular formula is C16H12N4O4. The highest BCUT2D eigenvalue weighted by atomic mass is 16.6. The number of nitrogens with two attached hydrogens (primary N) is 1. The van der Waals surface area contributed by atoms with Crippen LogP contribution in [0.5, 0.6) is 0 Å². The Hall–Kier alpha value is -3.39. The van der Waals surface area contributed by atoms with E-state index in [2.05, 4.69) is 5.10 Å². The van der Waals surface area contributed by atoms with Gasteiger partial charge in [-0.15, -0.1) is 0 Å². The molecular weight excluding hydrogens is 312 g/mol. The molecule has 0 amide bonds. The summed E-state index contributed by atoms with van der Waals surface area (Å²) in [6, 6.07) is 12.1. The summed E-state index contributed by atoms with van der Waals surface area (Å²) in [4.78, 5) is 34.9. The van der Waals surface area contributed by atoms with E-state index in [-0.39, 0.29) is 23.5 Å². The normalized spacial score (nSPS) is 10.7. The van der Waals surface area contributed by atoms with Crippen LogP contribution in [0.2, 0.25) is 0 Å². The minimum absolute atomic E-state index is 0.101. The van der Waals surface area contributed by atoms with Crippen molar-refractivity contribution in [3.63, 3.8) is 0 Å². The number of fused-ring (bicyclic) bond motifs is 1. The summed E-state index contributed by atoms with van der Waals surface area (Å²) < 4.78 is 1.07. The average Bonchev–Trinajstić information content (AvgIpc) is 3.00. The zero-order valence-electron chi connectivity index (χ0n) is 12.4. The molecule has 0 fully saturated rings. The first-order valence-corrected chi connectivity index (χ1v) is 7.03. The van der Waals surface area contributed by atoms with Gasteiger partial charge in [0.1, 0.15) is 5.69 Å². The van der Waals surface area contributed by atoms with Crippen LogP contribution in [0.15, 0.2) is 48.5 Å². The molecule has 0 atom stereocenters. The number of non-ortho nitro benzene ring substituents is 1. The van der Waals surface area contributed by atoms with Crippen LogP contribution in [0.25, 0.3) is 10.9 Å². The summed E-state index contributed by atoms with van der Waals surface area (Å²) in [6.45, 7) is -0.230. The summed E-state index contributed by atoms with van der Waals surface area (Å²) >= 11 is 0. The van der Waals surface area contributed by atoms with Gasteiger partial charge in [0, 0.05) is 23.1 Å². The molecule has 0 aliphatic heterocycles. The summed E-state index contributed by atoms with van der Waals surface area (Å²) in [7, 11) is 0. The number of nitro benzene ring substituents is 1. The van der Waals surface area contributed by atoms with E-state index in [0.29, 0.717) is 10.9 Å². The zero-order chi connectivity index (χ0) is 17.3. The number of nitrogens with zero attached hydrogens (tertiary/aromatic N) is 3. The third kappa shape index (κ3) is 2.55. The first-order chi connectivity index (χ1) is 11.5. The van der Waals surface area contributed by atoms with E-state index in [1.165, 1.54) is 24.3 Å². The largest absolute Gasteiger partial charge is 0.324 e. The van der Waals surface area contributed by atoms with E-state index in [1.54, 1.807) is 24.3 Å². The predicted octanol–water partition coefficient (Wildman–Crippen LogP) is 1.77. The highest BCUT2D eigenvalue weighted by molar-refractivity contribution is 6.10. The standard InChI is InChI=1S/C16H12N4O4/c17-9-14(21)15-12-6-1-2-7-13(12)19(18-15)16(22)10-4-3-5-11(8-10)20(23)24/h1-8H,9,17H2. The van der Waals surface area contributed by atoms with Gasteiger partial charge in [-0.1, -0.05) is 24.3 Å². The number of hydrogen-bond acceptors (Lipinski definition) is 6. The molecule has 0 spiro atoms. The molecule has 0 saturated carbocycles. The van der Waals surface area contributed by atoms with Crippen molar-refractivity contribution in [2.75, 3.05) is 6.54 Å². The Labute approximate surface area is 135 Å². The van der Waals surface area contributed by atoms with Gasteiger partial charge in [-0.2, -0.15) is 9.78 Å². The average molecular weight is 324 g/mol. The minimum atomic E-state index is -0.582. The van der Waals surface area contributed by atoms with Gasteiger partial charge in [0.25, 0.3) is 11.6 Å². The highest BCUT2D eigenvalue weighted by Gasteiger charge is 2.21. The van der Waals surface area contributed by atoms with Crippen LogP contribution >= 0.6 is 0 Å². The Morgan fingerprint density at radius 1 is 1.17 bits per heavy atom. The maximum Gasteiger partial charge on any atom is 0.278 e. The lowest BCUT2D eigenvalue weighted by molar-refractivity contribution is -0.384. The molecule has 2 aromatic carbocycles. The molecule has 24 heavy (non-hydrogen) atoms. The number of ketones is 1. The van der Waals surface area contributed by atoms with Crippen molar-refractivity contribution in [1.29, 1.82) is 0 Å². The number of Topliss-reactive ketones (excluding diaryl/α,β-unsaturated/α-hetero) is 1. The molecule has 0 bridgehead atoms. The van der Waals surface area contributed by atoms with Gasteiger partial charge in [0.2, 0.25) is 0 Å². The van der Waals surface area contributed by atoms with Crippen LogP contribution < -0.4 is 5.73 Å². The third-order valence-corrected chi connectivity index (χ3v) is 3.53. The summed E-state index contributed by atoms with van der Waals surface area (Å²) in [5.41, 5.74) is 5.83. The second-order valence-corrected chi connectivity index (χ2v) is 5.02. The van der Waals surface area contributed by atoms with Gasteiger partial charge in [-0.25, -0.2) is 0 Å². The number of carbonyl (C=O) groups excluding carboxylic acids is 2. The van der Waals surface area contributed by atoms with Crippen LogP contribution in [0.4, 0.5) is 5.69 Å². The van der Waals surface area contributed by atoms with Gasteiger partial charge < -0.3 is 5.73 Å². The monoisotopic (exact) mass is 324 g/mol. The molecule has 0 unspecified atom stereocenters. The molecule has 0 aliphatic rings. The van der Waals surface area contributed by atoms with Crippen molar-refractivity contribution in [1.82, 2.24) is 9.78 Å². The first-order valence-electron chi connectivity index (χ1n) is 7.03. The molecule has 0 radical (unpaired) electrons. The lowest BCUT2D eigenvalue weighted by Crippen LogP contribution is -2.17. The second-order valence-electron chi connectivity index (χ2n) is 5.02. The Morgan fingerprint density at radius 3 is 2.62 bits per heavy atom. The van der Waals surface area contributed by atoms with Crippen LogP contribution in [0, 0.1) is 10.1 Å². The van der Waals surface area contributed by atoms with Crippen LogP contribution in [0.1, 0.15) is 20.8 Å². The lowest BCUT2D eigenvalue weighted by atomic mass is 10.1. The van der Waals surface area contributed by atoms with Gasteiger partial charge >= 0.3 is 0 Å². The predicted molar refractivity (Wildman–Crippen MR) is 85.9 cm³/mol.